The summed E-state index contributed by atoms with van der Waals surface area (Å²) in [5.41, 5.74) is 1.36. The number of carbonyl (C=O) groups is 1. The summed E-state index contributed by atoms with van der Waals surface area (Å²) < 4.78 is 22.8. The molecule has 1 N–H and O–H groups in total. The average Bonchev–Trinajstić information content (AvgIpc) is 3.09. The average molecular weight is 406 g/mol. The fourth-order valence-corrected chi connectivity index (χ4v) is 3.54. The quantitative estimate of drug-likeness (QED) is 0.846. The number of fused-ring (bicyclic) bond motifs is 2. The molecule has 2 aromatic rings. The molecule has 0 aromatic heterocycles. The van der Waals surface area contributed by atoms with E-state index in [0.29, 0.717) is 41.8 Å². The molecule has 130 valence electrons. The van der Waals surface area contributed by atoms with Gasteiger partial charge >= 0.3 is 0 Å². The highest BCUT2D eigenvalue weighted by atomic mass is 79.9. The number of hydrogen-bond acceptors (Lipinski definition) is 5. The molecule has 0 spiro atoms. The Hall–Kier alpha value is -2.41. The van der Waals surface area contributed by atoms with E-state index in [0.717, 1.165) is 10.0 Å². The monoisotopic (exact) mass is 405 g/mol. The molecule has 0 fully saturated rings. The van der Waals surface area contributed by atoms with Crippen molar-refractivity contribution >= 4 is 21.8 Å². The summed E-state index contributed by atoms with van der Waals surface area (Å²) in [7, 11) is 0. The maximum Gasteiger partial charge on any atom is 0.255 e. The van der Waals surface area contributed by atoms with Gasteiger partial charge in [0.05, 0.1) is 11.6 Å². The van der Waals surface area contributed by atoms with Crippen molar-refractivity contribution in [3.8, 4) is 23.0 Å². The van der Waals surface area contributed by atoms with Gasteiger partial charge in [-0.05, 0) is 36.8 Å². The highest BCUT2D eigenvalue weighted by Crippen LogP contribution is 2.39. The van der Waals surface area contributed by atoms with E-state index in [9.17, 15) is 4.79 Å². The van der Waals surface area contributed by atoms with Crippen LogP contribution in [-0.2, 0) is 0 Å². The smallest absolute Gasteiger partial charge is 0.255 e. The van der Waals surface area contributed by atoms with Gasteiger partial charge in [0.25, 0.3) is 5.91 Å². The summed E-state index contributed by atoms with van der Waals surface area (Å²) >= 11 is 3.54. The third-order valence-corrected chi connectivity index (χ3v) is 4.80. The van der Waals surface area contributed by atoms with Crippen LogP contribution < -0.4 is 24.3 Å². The Bertz CT molecular complexity index is 838. The fraction of sp³-hybridized carbons (Fsp3) is 0.278. The number of para-hydroxylation sites is 1. The summed E-state index contributed by atoms with van der Waals surface area (Å²) in [5.74, 6) is 2.22. The van der Waals surface area contributed by atoms with Crippen LogP contribution in [0.25, 0.3) is 0 Å². The summed E-state index contributed by atoms with van der Waals surface area (Å²) in [5, 5.41) is 2.99. The summed E-state index contributed by atoms with van der Waals surface area (Å²) in [6.07, 6.45) is 0. The maximum atomic E-state index is 12.7. The first-order chi connectivity index (χ1) is 12.1. The Balaban J connectivity index is 1.57. The van der Waals surface area contributed by atoms with Crippen LogP contribution in [0.4, 0.5) is 0 Å². The zero-order valence-corrected chi connectivity index (χ0v) is 15.1. The summed E-state index contributed by atoms with van der Waals surface area (Å²) in [6.45, 7) is 3.09. The van der Waals surface area contributed by atoms with Crippen molar-refractivity contribution in [2.75, 3.05) is 20.0 Å². The Morgan fingerprint density at radius 3 is 2.64 bits per heavy atom. The third kappa shape index (κ3) is 3.00. The van der Waals surface area contributed by atoms with Crippen molar-refractivity contribution in [3.05, 3.63) is 45.9 Å². The minimum absolute atomic E-state index is 0.128. The molecule has 2 heterocycles. The van der Waals surface area contributed by atoms with E-state index in [1.165, 1.54) is 0 Å². The van der Waals surface area contributed by atoms with Gasteiger partial charge in [-0.25, -0.2) is 0 Å². The van der Waals surface area contributed by atoms with Gasteiger partial charge < -0.3 is 24.3 Å². The number of rotatable bonds is 3. The number of amides is 1. The van der Waals surface area contributed by atoms with Gasteiger partial charge in [-0.1, -0.05) is 22.0 Å². The molecule has 2 aromatic carbocycles. The van der Waals surface area contributed by atoms with Crippen LogP contribution in [-0.4, -0.2) is 25.9 Å². The van der Waals surface area contributed by atoms with Crippen LogP contribution in [0.1, 0.15) is 28.9 Å². The number of hydrogen-bond donors (Lipinski definition) is 1. The fourth-order valence-electron chi connectivity index (χ4n) is 2.87. The minimum Gasteiger partial charge on any atom is -0.486 e. The lowest BCUT2D eigenvalue weighted by molar-refractivity contribution is 0.0935. The van der Waals surface area contributed by atoms with Gasteiger partial charge in [-0.3, -0.25) is 4.79 Å². The van der Waals surface area contributed by atoms with E-state index in [4.69, 9.17) is 18.9 Å². The van der Waals surface area contributed by atoms with Crippen molar-refractivity contribution in [1.29, 1.82) is 0 Å². The zero-order valence-electron chi connectivity index (χ0n) is 13.5. The molecule has 0 radical (unpaired) electrons. The number of halogens is 1. The Morgan fingerprint density at radius 2 is 1.84 bits per heavy atom. The predicted molar refractivity (Wildman–Crippen MR) is 93.6 cm³/mol. The van der Waals surface area contributed by atoms with Crippen molar-refractivity contribution in [2.24, 2.45) is 0 Å². The molecule has 2 aliphatic heterocycles. The molecule has 25 heavy (non-hydrogen) atoms. The van der Waals surface area contributed by atoms with Crippen LogP contribution in [0.2, 0.25) is 0 Å². The molecule has 1 atom stereocenters. The zero-order chi connectivity index (χ0) is 17.4. The van der Waals surface area contributed by atoms with Crippen LogP contribution in [0.5, 0.6) is 23.0 Å². The second-order valence-corrected chi connectivity index (χ2v) is 6.61. The maximum absolute atomic E-state index is 12.7. The summed E-state index contributed by atoms with van der Waals surface area (Å²) in [4.78, 5) is 12.7. The van der Waals surface area contributed by atoms with Crippen LogP contribution in [0, 0.1) is 0 Å². The largest absolute Gasteiger partial charge is 0.486 e. The normalized spacial score (nSPS) is 15.6. The van der Waals surface area contributed by atoms with E-state index in [-0.39, 0.29) is 18.7 Å². The molecule has 0 bridgehead atoms. The van der Waals surface area contributed by atoms with Crippen molar-refractivity contribution in [2.45, 2.75) is 13.0 Å². The molecule has 7 heteroatoms. The molecule has 2 aliphatic rings. The molecule has 0 aliphatic carbocycles. The lowest BCUT2D eigenvalue weighted by Crippen LogP contribution is -2.27. The van der Waals surface area contributed by atoms with Crippen LogP contribution in [0.3, 0.4) is 0 Å². The van der Waals surface area contributed by atoms with Crippen molar-refractivity contribution in [3.63, 3.8) is 0 Å². The first-order valence-corrected chi connectivity index (χ1v) is 8.71. The van der Waals surface area contributed by atoms with Gasteiger partial charge in [0, 0.05) is 4.47 Å². The first-order valence-electron chi connectivity index (χ1n) is 7.92. The molecular formula is C18H16BrNO5. The second-order valence-electron chi connectivity index (χ2n) is 5.75. The van der Waals surface area contributed by atoms with E-state index in [1.54, 1.807) is 18.2 Å². The molecule has 0 saturated heterocycles. The molecule has 6 nitrogen and oxygen atoms in total. The minimum atomic E-state index is -0.240. The van der Waals surface area contributed by atoms with E-state index >= 15 is 0 Å². The highest BCUT2D eigenvalue weighted by Gasteiger charge is 2.24. The predicted octanol–water partition coefficient (Wildman–Crippen LogP) is 3.44. The lowest BCUT2D eigenvalue weighted by Gasteiger charge is -2.22. The topological polar surface area (TPSA) is 66.0 Å². The van der Waals surface area contributed by atoms with Crippen molar-refractivity contribution in [1.82, 2.24) is 5.32 Å². The van der Waals surface area contributed by atoms with E-state index in [1.807, 2.05) is 19.1 Å². The molecule has 1 amide bonds. The van der Waals surface area contributed by atoms with E-state index in [2.05, 4.69) is 21.2 Å². The van der Waals surface area contributed by atoms with Gasteiger partial charge in [0.2, 0.25) is 6.79 Å². The molecule has 4 rings (SSSR count). The second kappa shape index (κ2) is 6.48. The lowest BCUT2D eigenvalue weighted by atomic mass is 10.1. The molecule has 0 saturated carbocycles. The Morgan fingerprint density at radius 1 is 1.08 bits per heavy atom. The van der Waals surface area contributed by atoms with Gasteiger partial charge in [-0.2, -0.15) is 0 Å². The van der Waals surface area contributed by atoms with Crippen LogP contribution in [0.15, 0.2) is 34.8 Å². The van der Waals surface area contributed by atoms with Gasteiger partial charge in [0.1, 0.15) is 13.2 Å². The number of carbonyl (C=O) groups excluding carboxylic acids is 1. The number of benzene rings is 2. The number of ether oxygens (including phenoxy) is 4. The van der Waals surface area contributed by atoms with Gasteiger partial charge in [-0.15, -0.1) is 0 Å². The SMILES string of the molecule is CC(NC(=O)c1cccc2c1OCO2)c1cc2c(cc1Br)OCCO2. The van der Waals surface area contributed by atoms with Crippen molar-refractivity contribution < 1.29 is 23.7 Å². The number of nitrogens with one attached hydrogen (secondary N) is 1. The standard InChI is InChI=1S/C18H16BrNO5/c1-10(12-7-15-16(8-13(12)19)23-6-5-22-15)20-18(21)11-3-2-4-14-17(11)25-9-24-14/h2-4,7-8,10H,5-6,9H2,1H3,(H,20,21). The van der Waals surface area contributed by atoms with Crippen LogP contribution >= 0.6 is 15.9 Å². The highest BCUT2D eigenvalue weighted by molar-refractivity contribution is 9.10. The van der Waals surface area contributed by atoms with E-state index < -0.39 is 0 Å². The Kier molecular flexibility index (Phi) is 4.17. The Labute approximate surface area is 153 Å². The van der Waals surface area contributed by atoms with Gasteiger partial charge in [0.15, 0.2) is 23.0 Å². The first kappa shape index (κ1) is 16.1. The molecular weight excluding hydrogens is 390 g/mol. The molecule has 1 unspecified atom stereocenters. The third-order valence-electron chi connectivity index (χ3n) is 4.12. The summed E-state index contributed by atoms with van der Waals surface area (Å²) in [6, 6.07) is 8.78.